The Bertz CT molecular complexity index is 192. The summed E-state index contributed by atoms with van der Waals surface area (Å²) in [4.78, 5) is 2.50. The molecule has 1 atom stereocenters. The zero-order valence-electron chi connectivity index (χ0n) is 10.7. The van der Waals surface area contributed by atoms with Gasteiger partial charge in [0.05, 0.1) is 0 Å². The minimum Gasteiger partial charge on any atom is -0.329 e. The van der Waals surface area contributed by atoms with E-state index in [2.05, 4.69) is 44.5 Å². The van der Waals surface area contributed by atoms with Gasteiger partial charge in [-0.1, -0.05) is 20.8 Å². The smallest absolute Gasteiger partial charge is 0.0419 e. The second kappa shape index (κ2) is 5.07. The molecule has 0 spiro atoms. The normalized spacial score (nSPS) is 28.4. The Balaban J connectivity index is 2.63. The van der Waals surface area contributed by atoms with Crippen molar-refractivity contribution in [1.82, 2.24) is 4.90 Å². The number of rotatable bonds is 3. The van der Waals surface area contributed by atoms with Crippen molar-refractivity contribution in [3.63, 3.8) is 0 Å². The van der Waals surface area contributed by atoms with E-state index in [9.17, 15) is 0 Å². The standard InChI is InChI=1S/C12H26N2S/c1-11(2,3)9-14(4)12(8-13)6-5-7-15-10-12/h5-10,13H2,1-4H3. The molecule has 2 N–H and O–H groups in total. The quantitative estimate of drug-likeness (QED) is 0.806. The monoisotopic (exact) mass is 230 g/mol. The summed E-state index contributed by atoms with van der Waals surface area (Å²) in [7, 11) is 2.24. The molecule has 1 fully saturated rings. The van der Waals surface area contributed by atoms with Gasteiger partial charge in [-0.15, -0.1) is 0 Å². The summed E-state index contributed by atoms with van der Waals surface area (Å²) < 4.78 is 0. The molecule has 1 unspecified atom stereocenters. The number of hydrogen-bond acceptors (Lipinski definition) is 3. The van der Waals surface area contributed by atoms with Gasteiger partial charge in [-0.25, -0.2) is 0 Å². The number of likely N-dealkylation sites (N-methyl/N-ethyl adjacent to an activating group) is 1. The van der Waals surface area contributed by atoms with E-state index in [1.807, 2.05) is 0 Å². The van der Waals surface area contributed by atoms with E-state index in [1.165, 1.54) is 24.3 Å². The molecule has 3 heteroatoms. The Morgan fingerprint density at radius 1 is 1.40 bits per heavy atom. The van der Waals surface area contributed by atoms with Gasteiger partial charge in [-0.05, 0) is 31.1 Å². The molecule has 90 valence electrons. The third-order valence-corrected chi connectivity index (χ3v) is 4.52. The van der Waals surface area contributed by atoms with E-state index < -0.39 is 0 Å². The molecular weight excluding hydrogens is 204 g/mol. The highest BCUT2D eigenvalue weighted by atomic mass is 32.2. The van der Waals surface area contributed by atoms with Crippen LogP contribution >= 0.6 is 11.8 Å². The van der Waals surface area contributed by atoms with Crippen LogP contribution in [0.25, 0.3) is 0 Å². The largest absolute Gasteiger partial charge is 0.329 e. The van der Waals surface area contributed by atoms with Gasteiger partial charge in [0, 0.05) is 24.4 Å². The Morgan fingerprint density at radius 2 is 2.07 bits per heavy atom. The van der Waals surface area contributed by atoms with Gasteiger partial charge >= 0.3 is 0 Å². The molecule has 0 radical (unpaired) electrons. The lowest BCUT2D eigenvalue weighted by Gasteiger charge is -2.46. The summed E-state index contributed by atoms with van der Waals surface area (Å²) in [5, 5.41) is 0. The topological polar surface area (TPSA) is 29.3 Å². The van der Waals surface area contributed by atoms with Crippen LogP contribution in [0.15, 0.2) is 0 Å². The highest BCUT2D eigenvalue weighted by Gasteiger charge is 2.36. The fraction of sp³-hybridized carbons (Fsp3) is 1.00. The van der Waals surface area contributed by atoms with Crippen LogP contribution in [0.5, 0.6) is 0 Å². The predicted molar refractivity (Wildman–Crippen MR) is 70.4 cm³/mol. The fourth-order valence-corrected chi connectivity index (χ4v) is 3.69. The third-order valence-electron chi connectivity index (χ3n) is 3.20. The molecule has 1 heterocycles. The predicted octanol–water partition coefficient (Wildman–Crippen LogP) is 2.19. The molecule has 1 rings (SSSR count). The first-order chi connectivity index (χ1) is 6.90. The van der Waals surface area contributed by atoms with Crippen LogP contribution < -0.4 is 5.73 Å². The minimum atomic E-state index is 0.260. The number of hydrogen-bond donors (Lipinski definition) is 1. The van der Waals surface area contributed by atoms with Crippen LogP contribution in [0.3, 0.4) is 0 Å². The average molecular weight is 230 g/mol. The molecule has 0 aliphatic carbocycles. The molecular formula is C12H26N2S. The molecule has 0 saturated carbocycles. The van der Waals surface area contributed by atoms with E-state index in [4.69, 9.17) is 5.73 Å². The van der Waals surface area contributed by atoms with Crippen molar-refractivity contribution < 1.29 is 0 Å². The molecule has 2 nitrogen and oxygen atoms in total. The SMILES string of the molecule is CN(CC(C)(C)C)C1(CN)CCCSC1. The third kappa shape index (κ3) is 3.65. The molecule has 0 aromatic rings. The minimum absolute atomic E-state index is 0.260. The van der Waals surface area contributed by atoms with Gasteiger partial charge in [0.25, 0.3) is 0 Å². The lowest BCUT2D eigenvalue weighted by Crippen LogP contribution is -2.57. The van der Waals surface area contributed by atoms with Gasteiger partial charge in [-0.3, -0.25) is 4.90 Å². The second-order valence-corrected chi connectivity index (χ2v) is 7.11. The fourth-order valence-electron chi connectivity index (χ4n) is 2.33. The highest BCUT2D eigenvalue weighted by molar-refractivity contribution is 7.99. The van der Waals surface area contributed by atoms with Crippen molar-refractivity contribution in [3.8, 4) is 0 Å². The van der Waals surface area contributed by atoms with E-state index in [-0.39, 0.29) is 5.54 Å². The molecule has 0 aromatic heterocycles. The number of nitrogens with zero attached hydrogens (tertiary/aromatic N) is 1. The zero-order chi connectivity index (χ0) is 11.5. The van der Waals surface area contributed by atoms with Crippen molar-refractivity contribution in [2.45, 2.75) is 39.2 Å². The van der Waals surface area contributed by atoms with E-state index in [0.717, 1.165) is 13.1 Å². The first-order valence-corrected chi connectivity index (χ1v) is 7.04. The Labute approximate surface area is 99.0 Å². The second-order valence-electron chi connectivity index (χ2n) is 6.00. The van der Waals surface area contributed by atoms with Crippen LogP contribution in [0.1, 0.15) is 33.6 Å². The van der Waals surface area contributed by atoms with E-state index in [0.29, 0.717) is 5.41 Å². The number of nitrogens with two attached hydrogens (primary N) is 1. The van der Waals surface area contributed by atoms with Gasteiger partial charge in [-0.2, -0.15) is 11.8 Å². The van der Waals surface area contributed by atoms with Gasteiger partial charge in [0.15, 0.2) is 0 Å². The summed E-state index contributed by atoms with van der Waals surface area (Å²) in [5.41, 5.74) is 6.62. The van der Waals surface area contributed by atoms with Crippen molar-refractivity contribution in [3.05, 3.63) is 0 Å². The molecule has 1 aliphatic rings. The maximum absolute atomic E-state index is 6.00. The summed E-state index contributed by atoms with van der Waals surface area (Å²) in [6.45, 7) is 8.81. The lowest BCUT2D eigenvalue weighted by atomic mass is 9.89. The summed E-state index contributed by atoms with van der Waals surface area (Å²) >= 11 is 2.06. The molecule has 1 saturated heterocycles. The van der Waals surface area contributed by atoms with Crippen LogP contribution in [0.2, 0.25) is 0 Å². The Kier molecular flexibility index (Phi) is 4.50. The first-order valence-electron chi connectivity index (χ1n) is 5.89. The summed E-state index contributed by atoms with van der Waals surface area (Å²) in [5.74, 6) is 2.52. The maximum atomic E-state index is 6.00. The van der Waals surface area contributed by atoms with Gasteiger partial charge < -0.3 is 5.73 Å². The van der Waals surface area contributed by atoms with Crippen LogP contribution in [-0.2, 0) is 0 Å². The van der Waals surface area contributed by atoms with Crippen LogP contribution in [0.4, 0.5) is 0 Å². The van der Waals surface area contributed by atoms with Crippen molar-refractivity contribution >= 4 is 11.8 Å². The van der Waals surface area contributed by atoms with Gasteiger partial charge in [0.1, 0.15) is 0 Å². The zero-order valence-corrected chi connectivity index (χ0v) is 11.5. The number of thioether (sulfide) groups is 1. The average Bonchev–Trinajstić information content (AvgIpc) is 2.16. The molecule has 0 bridgehead atoms. The highest BCUT2D eigenvalue weighted by Crippen LogP contribution is 2.32. The molecule has 0 amide bonds. The van der Waals surface area contributed by atoms with E-state index in [1.54, 1.807) is 0 Å². The lowest BCUT2D eigenvalue weighted by molar-refractivity contribution is 0.0940. The summed E-state index contributed by atoms with van der Waals surface area (Å²) in [6.07, 6.45) is 2.58. The summed E-state index contributed by atoms with van der Waals surface area (Å²) in [6, 6.07) is 0. The van der Waals surface area contributed by atoms with Crippen molar-refractivity contribution in [2.24, 2.45) is 11.1 Å². The first kappa shape index (κ1) is 13.3. The van der Waals surface area contributed by atoms with E-state index >= 15 is 0 Å². The van der Waals surface area contributed by atoms with Crippen LogP contribution in [0, 0.1) is 5.41 Å². The van der Waals surface area contributed by atoms with Crippen molar-refractivity contribution in [1.29, 1.82) is 0 Å². The van der Waals surface area contributed by atoms with Crippen LogP contribution in [-0.4, -0.2) is 42.1 Å². The Morgan fingerprint density at radius 3 is 2.47 bits per heavy atom. The molecule has 0 aromatic carbocycles. The van der Waals surface area contributed by atoms with Gasteiger partial charge in [0.2, 0.25) is 0 Å². The molecule has 15 heavy (non-hydrogen) atoms. The molecule has 1 aliphatic heterocycles. The Hall–Kier alpha value is 0.270. The maximum Gasteiger partial charge on any atom is 0.0419 e. The van der Waals surface area contributed by atoms with Crippen molar-refractivity contribution in [2.75, 3.05) is 31.6 Å².